The molecule has 0 aliphatic rings. The van der Waals surface area contributed by atoms with Gasteiger partial charge in [0.15, 0.2) is 0 Å². The van der Waals surface area contributed by atoms with Crippen molar-refractivity contribution in [3.05, 3.63) is 72.8 Å². The molecule has 0 amide bonds. The Bertz CT molecular complexity index is 1170. The third-order valence-corrected chi connectivity index (χ3v) is 5.26. The zero-order valence-electron chi connectivity index (χ0n) is 16.0. The van der Waals surface area contributed by atoms with Crippen molar-refractivity contribution in [2.45, 2.75) is 20.3 Å². The van der Waals surface area contributed by atoms with Gasteiger partial charge < -0.3 is 9.84 Å². The number of rotatable bonds is 4. The van der Waals surface area contributed by atoms with Crippen LogP contribution in [0, 0.1) is 5.92 Å². The van der Waals surface area contributed by atoms with Crippen LogP contribution in [0.1, 0.15) is 20.3 Å². The molecule has 0 aliphatic carbocycles. The lowest BCUT2D eigenvalue weighted by molar-refractivity contribution is -0.138. The molecule has 140 valence electrons. The molecule has 3 heteroatoms. The molecule has 0 heterocycles. The van der Waals surface area contributed by atoms with Gasteiger partial charge in [-0.05, 0) is 40.5 Å². The molecule has 4 rings (SSSR count). The standard InChI is InChI=1S/C25H22O3/c1-3-16(2)25(27)28-22-15-7-11-18-9-5-13-20(24(18)22)19-12-4-8-17-10-6-14-21(26)23(17)19/h4-16,26H,3H2,1-2H3/t16-/m0/s1. The van der Waals surface area contributed by atoms with Gasteiger partial charge in [0.1, 0.15) is 11.5 Å². The number of phenolic OH excluding ortho intramolecular Hbond substituents is 1. The first-order valence-electron chi connectivity index (χ1n) is 9.54. The quantitative estimate of drug-likeness (QED) is 0.338. The van der Waals surface area contributed by atoms with Gasteiger partial charge >= 0.3 is 5.97 Å². The summed E-state index contributed by atoms with van der Waals surface area (Å²) in [6, 6.07) is 23.2. The van der Waals surface area contributed by atoms with Crippen molar-refractivity contribution in [1.29, 1.82) is 0 Å². The van der Waals surface area contributed by atoms with Gasteiger partial charge in [0, 0.05) is 10.8 Å². The van der Waals surface area contributed by atoms with Crippen molar-refractivity contribution in [1.82, 2.24) is 0 Å². The second-order valence-corrected chi connectivity index (χ2v) is 7.07. The third kappa shape index (κ3) is 3.09. The molecule has 3 nitrogen and oxygen atoms in total. The van der Waals surface area contributed by atoms with Crippen molar-refractivity contribution in [2.24, 2.45) is 5.92 Å². The Balaban J connectivity index is 1.98. The first-order chi connectivity index (χ1) is 13.6. The van der Waals surface area contributed by atoms with E-state index in [1.54, 1.807) is 6.07 Å². The zero-order valence-corrected chi connectivity index (χ0v) is 16.0. The first kappa shape index (κ1) is 18.1. The van der Waals surface area contributed by atoms with Gasteiger partial charge in [0.25, 0.3) is 0 Å². The normalized spacial score (nSPS) is 12.2. The maximum atomic E-state index is 12.4. The Kier molecular flexibility index (Phi) is 4.74. The van der Waals surface area contributed by atoms with Crippen molar-refractivity contribution in [2.75, 3.05) is 0 Å². The second kappa shape index (κ2) is 7.35. The Morgan fingerprint density at radius 1 is 0.857 bits per heavy atom. The molecule has 0 spiro atoms. The van der Waals surface area contributed by atoms with Gasteiger partial charge in [0.2, 0.25) is 0 Å². The van der Waals surface area contributed by atoms with Crippen LogP contribution in [0.4, 0.5) is 0 Å². The predicted molar refractivity (Wildman–Crippen MR) is 114 cm³/mol. The number of hydrogen-bond acceptors (Lipinski definition) is 3. The summed E-state index contributed by atoms with van der Waals surface area (Å²) >= 11 is 0. The maximum Gasteiger partial charge on any atom is 0.314 e. The first-order valence-corrected chi connectivity index (χ1v) is 9.54. The Morgan fingerprint density at radius 3 is 2.04 bits per heavy atom. The maximum absolute atomic E-state index is 12.4. The zero-order chi connectivity index (χ0) is 19.7. The highest BCUT2D eigenvalue weighted by Crippen LogP contribution is 2.41. The number of ether oxygens (including phenoxy) is 1. The highest BCUT2D eigenvalue weighted by atomic mass is 16.5. The van der Waals surface area contributed by atoms with E-state index < -0.39 is 0 Å². The minimum Gasteiger partial charge on any atom is -0.507 e. The lowest BCUT2D eigenvalue weighted by Gasteiger charge is -2.15. The SMILES string of the molecule is CC[C@H](C)C(=O)Oc1cccc2cccc(-c3cccc4cccc(O)c34)c12. The molecule has 1 atom stereocenters. The van der Waals surface area contributed by atoms with Crippen LogP contribution >= 0.6 is 0 Å². The highest BCUT2D eigenvalue weighted by Gasteiger charge is 2.18. The molecule has 0 saturated heterocycles. The van der Waals surface area contributed by atoms with E-state index >= 15 is 0 Å². The average Bonchev–Trinajstić information content (AvgIpc) is 2.72. The molecule has 0 unspecified atom stereocenters. The summed E-state index contributed by atoms with van der Waals surface area (Å²) in [6.07, 6.45) is 0.730. The van der Waals surface area contributed by atoms with E-state index in [0.29, 0.717) is 5.75 Å². The van der Waals surface area contributed by atoms with Crippen molar-refractivity contribution in [3.8, 4) is 22.6 Å². The topological polar surface area (TPSA) is 46.5 Å². The molecule has 0 radical (unpaired) electrons. The van der Waals surface area contributed by atoms with Crippen LogP contribution in [0.15, 0.2) is 72.8 Å². The van der Waals surface area contributed by atoms with Crippen molar-refractivity contribution < 1.29 is 14.6 Å². The lowest BCUT2D eigenvalue weighted by atomic mass is 9.93. The monoisotopic (exact) mass is 370 g/mol. The van der Waals surface area contributed by atoms with Crippen molar-refractivity contribution >= 4 is 27.5 Å². The van der Waals surface area contributed by atoms with Crippen molar-refractivity contribution in [3.63, 3.8) is 0 Å². The van der Waals surface area contributed by atoms with E-state index in [1.165, 1.54) is 0 Å². The molecule has 4 aromatic carbocycles. The van der Waals surface area contributed by atoms with E-state index in [-0.39, 0.29) is 17.6 Å². The highest BCUT2D eigenvalue weighted by molar-refractivity contribution is 6.09. The number of hydrogen-bond donors (Lipinski definition) is 1. The van der Waals surface area contributed by atoms with Crippen LogP contribution in [-0.4, -0.2) is 11.1 Å². The summed E-state index contributed by atoms with van der Waals surface area (Å²) in [6.45, 7) is 3.84. The van der Waals surface area contributed by atoms with Gasteiger partial charge in [-0.2, -0.15) is 0 Å². The number of phenols is 1. The number of benzene rings is 4. The third-order valence-electron chi connectivity index (χ3n) is 5.26. The molecule has 0 saturated carbocycles. The van der Waals surface area contributed by atoms with Crippen LogP contribution in [-0.2, 0) is 4.79 Å². The van der Waals surface area contributed by atoms with Crippen LogP contribution < -0.4 is 4.74 Å². The summed E-state index contributed by atoms with van der Waals surface area (Å²) < 4.78 is 5.78. The smallest absolute Gasteiger partial charge is 0.314 e. The summed E-state index contributed by atoms with van der Waals surface area (Å²) in [5, 5.41) is 14.1. The molecule has 0 aromatic heterocycles. The fourth-order valence-electron chi connectivity index (χ4n) is 3.54. The molecule has 0 fully saturated rings. The predicted octanol–water partition coefficient (Wildman–Crippen LogP) is 6.32. The number of aromatic hydroxyl groups is 1. The molecule has 0 bridgehead atoms. The Morgan fingerprint density at radius 2 is 1.39 bits per heavy atom. The minimum atomic E-state index is -0.231. The summed E-state index contributed by atoms with van der Waals surface area (Å²) in [7, 11) is 0. The van der Waals surface area contributed by atoms with E-state index in [0.717, 1.165) is 39.1 Å². The number of fused-ring (bicyclic) bond motifs is 2. The lowest BCUT2D eigenvalue weighted by Crippen LogP contribution is -2.17. The van der Waals surface area contributed by atoms with Crippen LogP contribution in [0.25, 0.3) is 32.7 Å². The molecule has 4 aromatic rings. The van der Waals surface area contributed by atoms with E-state index in [9.17, 15) is 9.90 Å². The Hall–Kier alpha value is -3.33. The van der Waals surface area contributed by atoms with Crippen LogP contribution in [0.3, 0.4) is 0 Å². The molecular weight excluding hydrogens is 348 g/mol. The number of carbonyl (C=O) groups is 1. The van der Waals surface area contributed by atoms with Gasteiger partial charge in [0.05, 0.1) is 5.92 Å². The van der Waals surface area contributed by atoms with Crippen LogP contribution in [0.2, 0.25) is 0 Å². The average molecular weight is 370 g/mol. The molecule has 1 N–H and O–H groups in total. The molecule has 28 heavy (non-hydrogen) atoms. The second-order valence-electron chi connectivity index (χ2n) is 7.07. The molecular formula is C25H22O3. The van der Waals surface area contributed by atoms with E-state index in [4.69, 9.17) is 4.74 Å². The fourth-order valence-corrected chi connectivity index (χ4v) is 3.54. The van der Waals surface area contributed by atoms with Gasteiger partial charge in [-0.25, -0.2) is 0 Å². The van der Waals surface area contributed by atoms with E-state index in [1.807, 2.05) is 80.6 Å². The largest absolute Gasteiger partial charge is 0.507 e. The number of carbonyl (C=O) groups excluding carboxylic acids is 1. The summed E-state index contributed by atoms with van der Waals surface area (Å²) in [4.78, 5) is 12.4. The fraction of sp³-hybridized carbons (Fsp3) is 0.160. The van der Waals surface area contributed by atoms with Gasteiger partial charge in [-0.15, -0.1) is 0 Å². The molecule has 0 aliphatic heterocycles. The van der Waals surface area contributed by atoms with E-state index in [2.05, 4.69) is 0 Å². The van der Waals surface area contributed by atoms with Gasteiger partial charge in [-0.3, -0.25) is 4.79 Å². The summed E-state index contributed by atoms with van der Waals surface area (Å²) in [5.41, 5.74) is 1.84. The van der Waals surface area contributed by atoms with Crippen LogP contribution in [0.5, 0.6) is 11.5 Å². The Labute approximate surface area is 164 Å². The van der Waals surface area contributed by atoms with Gasteiger partial charge in [-0.1, -0.05) is 74.5 Å². The number of esters is 1. The summed E-state index contributed by atoms with van der Waals surface area (Å²) in [5.74, 6) is 0.389. The minimum absolute atomic E-state index is 0.163.